The van der Waals surface area contributed by atoms with E-state index in [4.69, 9.17) is 5.11 Å². The standard InChI is InChI=1S/C21H25FN4O3.HI/c1-23-21(25-10-12-2-5-16(22)15(8-12)11-27)24-6-7-26-19(28)17-13-3-4-14(9-13)18(17)20(26)29;/h2-5,8,13-14,17-18,27H,6-7,9-11H2,1H3,(H2,23,24,25);1H. The van der Waals surface area contributed by atoms with E-state index in [2.05, 4.69) is 27.8 Å². The SMILES string of the molecule is CN=C(NCCN1C(=O)C2C3C=CC(C3)C2C1=O)NCc1ccc(F)c(CO)c1.I. The molecule has 1 heterocycles. The molecule has 1 aliphatic heterocycles. The van der Waals surface area contributed by atoms with Crippen molar-refractivity contribution in [3.05, 3.63) is 47.3 Å². The fourth-order valence-electron chi connectivity index (χ4n) is 4.74. The number of benzene rings is 1. The van der Waals surface area contributed by atoms with E-state index in [1.807, 2.05) is 0 Å². The van der Waals surface area contributed by atoms with Gasteiger partial charge in [-0.05, 0) is 36.0 Å². The van der Waals surface area contributed by atoms with Crippen molar-refractivity contribution in [3.63, 3.8) is 0 Å². The van der Waals surface area contributed by atoms with E-state index in [1.54, 1.807) is 19.2 Å². The number of nitrogens with zero attached hydrogens (tertiary/aromatic N) is 2. The minimum absolute atomic E-state index is 0. The van der Waals surface area contributed by atoms with Crippen LogP contribution in [0.2, 0.25) is 0 Å². The molecule has 162 valence electrons. The lowest BCUT2D eigenvalue weighted by atomic mass is 9.85. The van der Waals surface area contributed by atoms with Gasteiger partial charge in [0, 0.05) is 32.2 Å². The van der Waals surface area contributed by atoms with Crippen molar-refractivity contribution < 1.29 is 19.1 Å². The molecule has 0 radical (unpaired) electrons. The van der Waals surface area contributed by atoms with Crippen LogP contribution in [0.1, 0.15) is 17.5 Å². The van der Waals surface area contributed by atoms with Crippen LogP contribution >= 0.6 is 24.0 Å². The van der Waals surface area contributed by atoms with Crippen LogP contribution in [-0.4, -0.2) is 47.9 Å². The van der Waals surface area contributed by atoms with Gasteiger partial charge in [-0.3, -0.25) is 19.5 Å². The van der Waals surface area contributed by atoms with Crippen LogP contribution in [0.15, 0.2) is 35.3 Å². The third kappa shape index (κ3) is 4.09. The average Bonchev–Trinajstić information content (AvgIpc) is 3.41. The lowest BCUT2D eigenvalue weighted by Gasteiger charge is -2.18. The maximum absolute atomic E-state index is 13.5. The van der Waals surface area contributed by atoms with Gasteiger partial charge in [-0.1, -0.05) is 18.2 Å². The summed E-state index contributed by atoms with van der Waals surface area (Å²) in [6.45, 7) is 0.734. The molecule has 4 atom stereocenters. The van der Waals surface area contributed by atoms with E-state index in [-0.39, 0.29) is 71.6 Å². The molecule has 30 heavy (non-hydrogen) atoms. The van der Waals surface area contributed by atoms with Gasteiger partial charge < -0.3 is 15.7 Å². The van der Waals surface area contributed by atoms with Crippen molar-refractivity contribution in [3.8, 4) is 0 Å². The highest BCUT2D eigenvalue weighted by molar-refractivity contribution is 14.0. The second-order valence-corrected chi connectivity index (χ2v) is 7.76. The van der Waals surface area contributed by atoms with Gasteiger partial charge in [0.05, 0.1) is 18.4 Å². The van der Waals surface area contributed by atoms with Crippen molar-refractivity contribution in [2.75, 3.05) is 20.1 Å². The van der Waals surface area contributed by atoms with Crippen molar-refractivity contribution in [2.24, 2.45) is 28.7 Å². The van der Waals surface area contributed by atoms with Gasteiger partial charge in [0.25, 0.3) is 0 Å². The summed E-state index contributed by atoms with van der Waals surface area (Å²) in [6.07, 6.45) is 5.10. The first kappa shape index (κ1) is 22.7. The molecular formula is C21H26FIN4O3. The molecule has 2 fully saturated rings. The van der Waals surface area contributed by atoms with Crippen LogP contribution in [0.25, 0.3) is 0 Å². The summed E-state index contributed by atoms with van der Waals surface area (Å²) >= 11 is 0. The number of halogens is 2. The number of guanidine groups is 1. The molecule has 0 aromatic heterocycles. The quantitative estimate of drug-likeness (QED) is 0.171. The van der Waals surface area contributed by atoms with Crippen molar-refractivity contribution in [1.82, 2.24) is 15.5 Å². The van der Waals surface area contributed by atoms with E-state index in [9.17, 15) is 14.0 Å². The molecule has 3 N–H and O–H groups in total. The maximum atomic E-state index is 13.5. The van der Waals surface area contributed by atoms with Gasteiger partial charge in [-0.15, -0.1) is 24.0 Å². The van der Waals surface area contributed by atoms with Gasteiger partial charge >= 0.3 is 0 Å². The zero-order chi connectivity index (χ0) is 20.5. The third-order valence-corrected chi connectivity index (χ3v) is 6.15. The first-order chi connectivity index (χ1) is 14.0. The van der Waals surface area contributed by atoms with Gasteiger partial charge in [0.15, 0.2) is 5.96 Å². The van der Waals surface area contributed by atoms with E-state index in [1.165, 1.54) is 11.0 Å². The summed E-state index contributed by atoms with van der Waals surface area (Å²) < 4.78 is 13.5. The lowest BCUT2D eigenvalue weighted by molar-refractivity contribution is -0.140. The molecule has 1 saturated heterocycles. The number of nitrogens with one attached hydrogen (secondary N) is 2. The highest BCUT2D eigenvalue weighted by Crippen LogP contribution is 2.52. The van der Waals surface area contributed by atoms with Crippen LogP contribution in [0, 0.1) is 29.5 Å². The third-order valence-electron chi connectivity index (χ3n) is 6.15. The summed E-state index contributed by atoms with van der Waals surface area (Å²) in [5.74, 6) is 0.0619. The largest absolute Gasteiger partial charge is 0.392 e. The number of aliphatic hydroxyl groups is 1. The molecule has 4 unspecified atom stereocenters. The number of hydrogen-bond acceptors (Lipinski definition) is 4. The molecule has 2 bridgehead atoms. The van der Waals surface area contributed by atoms with Gasteiger partial charge in [-0.25, -0.2) is 4.39 Å². The monoisotopic (exact) mass is 528 g/mol. The number of aliphatic imine (C=N–C) groups is 1. The smallest absolute Gasteiger partial charge is 0.233 e. The molecule has 0 spiro atoms. The number of amides is 2. The van der Waals surface area contributed by atoms with Crippen molar-refractivity contribution in [2.45, 2.75) is 19.6 Å². The predicted octanol–water partition coefficient (Wildman–Crippen LogP) is 1.41. The zero-order valence-electron chi connectivity index (χ0n) is 16.7. The Morgan fingerprint density at radius 2 is 1.87 bits per heavy atom. The second kappa shape index (κ2) is 9.42. The second-order valence-electron chi connectivity index (χ2n) is 7.76. The van der Waals surface area contributed by atoms with Crippen molar-refractivity contribution in [1.29, 1.82) is 0 Å². The fourth-order valence-corrected chi connectivity index (χ4v) is 4.74. The number of aliphatic hydroxyl groups excluding tert-OH is 1. The van der Waals surface area contributed by atoms with Crippen LogP contribution in [0.5, 0.6) is 0 Å². The normalized spacial score (nSPS) is 26.8. The van der Waals surface area contributed by atoms with Crippen LogP contribution < -0.4 is 10.6 Å². The van der Waals surface area contributed by atoms with E-state index in [0.29, 0.717) is 25.6 Å². The Labute approximate surface area is 191 Å². The molecule has 4 rings (SSSR count). The Morgan fingerprint density at radius 3 is 2.47 bits per heavy atom. The minimum atomic E-state index is -0.438. The predicted molar refractivity (Wildman–Crippen MR) is 120 cm³/mol. The Balaban J connectivity index is 0.00000256. The lowest BCUT2D eigenvalue weighted by Crippen LogP contribution is -2.43. The number of likely N-dealkylation sites (tertiary alicyclic amines) is 1. The zero-order valence-corrected chi connectivity index (χ0v) is 19.0. The molecule has 2 amide bonds. The minimum Gasteiger partial charge on any atom is -0.392 e. The molecular weight excluding hydrogens is 502 g/mol. The Kier molecular flexibility index (Phi) is 7.12. The summed E-state index contributed by atoms with van der Waals surface area (Å²) in [5.41, 5.74) is 1.05. The Bertz CT molecular complexity index is 861. The average molecular weight is 528 g/mol. The number of carbonyl (C=O) groups is 2. The van der Waals surface area contributed by atoms with Crippen molar-refractivity contribution >= 4 is 41.8 Å². The number of allylic oxidation sites excluding steroid dienone is 2. The molecule has 1 saturated carbocycles. The number of carbonyl (C=O) groups excluding carboxylic acids is 2. The van der Waals surface area contributed by atoms with E-state index < -0.39 is 5.82 Å². The van der Waals surface area contributed by atoms with E-state index in [0.717, 1.165) is 12.0 Å². The molecule has 3 aliphatic rings. The topological polar surface area (TPSA) is 94.0 Å². The summed E-state index contributed by atoms with van der Waals surface area (Å²) in [7, 11) is 1.62. The number of imide groups is 1. The molecule has 1 aromatic carbocycles. The van der Waals surface area contributed by atoms with E-state index >= 15 is 0 Å². The maximum Gasteiger partial charge on any atom is 0.233 e. The molecule has 9 heteroatoms. The Hall–Kier alpha value is -2.01. The molecule has 1 aromatic rings. The summed E-state index contributed by atoms with van der Waals surface area (Å²) in [5, 5.41) is 15.4. The van der Waals surface area contributed by atoms with Crippen LogP contribution in [0.4, 0.5) is 4.39 Å². The van der Waals surface area contributed by atoms with Gasteiger partial charge in [-0.2, -0.15) is 0 Å². The number of fused-ring (bicyclic) bond motifs is 5. The van der Waals surface area contributed by atoms with Crippen LogP contribution in [-0.2, 0) is 22.7 Å². The van der Waals surface area contributed by atoms with Crippen LogP contribution in [0.3, 0.4) is 0 Å². The van der Waals surface area contributed by atoms with Gasteiger partial charge in [0.1, 0.15) is 5.82 Å². The Morgan fingerprint density at radius 1 is 1.20 bits per heavy atom. The summed E-state index contributed by atoms with van der Waals surface area (Å²) in [4.78, 5) is 30.9. The highest BCUT2D eigenvalue weighted by Gasteiger charge is 2.58. The highest BCUT2D eigenvalue weighted by atomic mass is 127. The molecule has 2 aliphatic carbocycles. The number of hydrogen-bond donors (Lipinski definition) is 3. The summed E-state index contributed by atoms with van der Waals surface area (Å²) in [6, 6.07) is 4.55. The fraction of sp³-hybridized carbons (Fsp3) is 0.476. The molecule has 7 nitrogen and oxygen atoms in total. The first-order valence-corrected chi connectivity index (χ1v) is 9.89. The first-order valence-electron chi connectivity index (χ1n) is 9.89. The number of rotatable bonds is 6. The van der Waals surface area contributed by atoms with Gasteiger partial charge in [0.2, 0.25) is 11.8 Å².